The lowest BCUT2D eigenvalue weighted by Crippen LogP contribution is -2.16. The molecule has 0 bridgehead atoms. The van der Waals surface area contributed by atoms with Crippen molar-refractivity contribution in [2.45, 2.75) is 101 Å². The number of hydrogen-bond acceptors (Lipinski definition) is 2. The predicted molar refractivity (Wildman–Crippen MR) is 219 cm³/mol. The number of allylic oxidation sites excluding steroid dienone is 10. The number of benzene rings is 3. The molecule has 2 aliphatic heterocycles. The Morgan fingerprint density at radius 3 is 1.38 bits per heavy atom. The smallest absolute Gasteiger partial charge is 0.0514 e. The first-order valence-electron chi connectivity index (χ1n) is 18.3. The highest BCUT2D eigenvalue weighted by atomic mass is 15.1. The minimum absolute atomic E-state index is 0.140. The standard InChI is InChI=1S/C48H56N2/c1-31-29-33(3)45(35(5)43(31)39-13-17-41(18-14-39)47(7,8)9)49-25-21-37(22-26-49)38-23-27-50(28-24-38)46-34(4)30-32(2)44(36(46)6)40-15-19-42(20-16-40)48(10,11)12/h13-15,17-19,21-30H,16,20H2,1-12H3. The van der Waals surface area contributed by atoms with E-state index in [9.17, 15) is 0 Å². The van der Waals surface area contributed by atoms with Crippen molar-refractivity contribution in [3.63, 3.8) is 0 Å². The first-order chi connectivity index (χ1) is 23.5. The van der Waals surface area contributed by atoms with E-state index >= 15 is 0 Å². The Hall–Kier alpha value is -4.56. The van der Waals surface area contributed by atoms with Gasteiger partial charge in [0.1, 0.15) is 0 Å². The van der Waals surface area contributed by atoms with Crippen LogP contribution in [0.25, 0.3) is 16.7 Å². The molecule has 1 aliphatic carbocycles. The number of hydrogen-bond donors (Lipinski definition) is 0. The van der Waals surface area contributed by atoms with Crippen molar-refractivity contribution in [1.82, 2.24) is 0 Å². The molecule has 0 N–H and O–H groups in total. The van der Waals surface area contributed by atoms with Crippen LogP contribution in [0.1, 0.15) is 98.9 Å². The van der Waals surface area contributed by atoms with Gasteiger partial charge in [-0.1, -0.05) is 95.7 Å². The molecule has 0 atom stereocenters. The van der Waals surface area contributed by atoms with Gasteiger partial charge >= 0.3 is 0 Å². The third kappa shape index (κ3) is 6.78. The quantitative estimate of drug-likeness (QED) is 0.275. The monoisotopic (exact) mass is 660 g/mol. The Kier molecular flexibility index (Phi) is 9.37. The molecule has 0 fully saturated rings. The second-order valence-corrected chi connectivity index (χ2v) is 16.7. The maximum absolute atomic E-state index is 2.37. The highest BCUT2D eigenvalue weighted by Crippen LogP contribution is 2.42. The van der Waals surface area contributed by atoms with E-state index in [1.165, 1.54) is 89.3 Å². The summed E-state index contributed by atoms with van der Waals surface area (Å²) in [7, 11) is 0. The minimum Gasteiger partial charge on any atom is -0.323 e. The molecule has 2 heteroatoms. The zero-order chi connectivity index (χ0) is 36.1. The molecule has 50 heavy (non-hydrogen) atoms. The summed E-state index contributed by atoms with van der Waals surface area (Å²) in [6.45, 7) is 27.3. The average Bonchev–Trinajstić information content (AvgIpc) is 3.05. The summed E-state index contributed by atoms with van der Waals surface area (Å²) in [5, 5.41) is 0. The molecule has 0 unspecified atom stereocenters. The zero-order valence-corrected chi connectivity index (χ0v) is 32.5. The lowest BCUT2D eigenvalue weighted by molar-refractivity contribution is 0.482. The maximum Gasteiger partial charge on any atom is 0.0514 e. The van der Waals surface area contributed by atoms with Gasteiger partial charge in [0.25, 0.3) is 0 Å². The predicted octanol–water partition coefficient (Wildman–Crippen LogP) is 13.3. The largest absolute Gasteiger partial charge is 0.323 e. The van der Waals surface area contributed by atoms with Crippen molar-refractivity contribution in [2.75, 3.05) is 9.80 Å². The fraction of sp³-hybridized carbons (Fsp3) is 0.333. The van der Waals surface area contributed by atoms with Crippen LogP contribution in [-0.4, -0.2) is 0 Å². The van der Waals surface area contributed by atoms with Crippen molar-refractivity contribution in [3.05, 3.63) is 159 Å². The summed E-state index contributed by atoms with van der Waals surface area (Å²) in [4.78, 5) is 4.58. The second-order valence-electron chi connectivity index (χ2n) is 16.7. The van der Waals surface area contributed by atoms with Crippen molar-refractivity contribution < 1.29 is 0 Å². The lowest BCUT2D eigenvalue weighted by Gasteiger charge is -2.29. The summed E-state index contributed by atoms with van der Waals surface area (Å²) in [6, 6.07) is 13.8. The van der Waals surface area contributed by atoms with Gasteiger partial charge in [-0.25, -0.2) is 0 Å². The molecule has 3 aliphatic rings. The van der Waals surface area contributed by atoms with E-state index in [0.717, 1.165) is 12.8 Å². The number of nitrogens with zero attached hydrogens (tertiary/aromatic N) is 2. The van der Waals surface area contributed by atoms with Crippen molar-refractivity contribution >= 4 is 16.9 Å². The van der Waals surface area contributed by atoms with E-state index in [2.05, 4.69) is 191 Å². The van der Waals surface area contributed by atoms with Crippen LogP contribution < -0.4 is 9.80 Å². The Morgan fingerprint density at radius 2 is 0.960 bits per heavy atom. The maximum atomic E-state index is 2.37. The molecule has 3 aromatic carbocycles. The second kappa shape index (κ2) is 13.3. The van der Waals surface area contributed by atoms with Crippen LogP contribution in [0.15, 0.2) is 114 Å². The summed E-state index contributed by atoms with van der Waals surface area (Å²) in [5.74, 6) is 0. The van der Waals surface area contributed by atoms with Crippen molar-refractivity contribution in [2.24, 2.45) is 5.41 Å². The molecular weight excluding hydrogens is 605 g/mol. The molecule has 0 radical (unpaired) electrons. The van der Waals surface area contributed by atoms with Gasteiger partial charge in [0.15, 0.2) is 0 Å². The van der Waals surface area contributed by atoms with Gasteiger partial charge in [-0.05, 0) is 162 Å². The third-order valence-electron chi connectivity index (χ3n) is 10.8. The van der Waals surface area contributed by atoms with E-state index in [4.69, 9.17) is 0 Å². The zero-order valence-electron chi connectivity index (χ0n) is 32.5. The van der Waals surface area contributed by atoms with Crippen LogP contribution in [0.2, 0.25) is 0 Å². The van der Waals surface area contributed by atoms with Crippen LogP contribution >= 0.6 is 0 Å². The number of rotatable bonds is 4. The first-order valence-corrected chi connectivity index (χ1v) is 18.3. The Morgan fingerprint density at radius 1 is 0.500 bits per heavy atom. The summed E-state index contributed by atoms with van der Waals surface area (Å²) in [5.41, 5.74) is 21.6. The molecule has 0 amide bonds. The molecule has 0 saturated heterocycles. The normalized spacial score (nSPS) is 16.4. The van der Waals surface area contributed by atoms with Gasteiger partial charge in [-0.2, -0.15) is 0 Å². The highest BCUT2D eigenvalue weighted by Gasteiger charge is 2.24. The Bertz CT molecular complexity index is 2020. The Labute approximate surface area is 302 Å². The van der Waals surface area contributed by atoms with Crippen LogP contribution in [0.3, 0.4) is 0 Å². The van der Waals surface area contributed by atoms with Crippen LogP contribution in [0, 0.1) is 47.0 Å². The van der Waals surface area contributed by atoms with Gasteiger partial charge in [-0.3, -0.25) is 0 Å². The number of aryl methyl sites for hydroxylation is 4. The van der Waals surface area contributed by atoms with Crippen LogP contribution in [0.5, 0.6) is 0 Å². The molecule has 0 saturated carbocycles. The Balaban J connectivity index is 1.25. The van der Waals surface area contributed by atoms with E-state index in [-0.39, 0.29) is 10.8 Å². The van der Waals surface area contributed by atoms with Gasteiger partial charge in [-0.15, -0.1) is 0 Å². The van der Waals surface area contributed by atoms with Crippen molar-refractivity contribution in [3.8, 4) is 11.1 Å². The first kappa shape index (κ1) is 35.3. The molecular formula is C48H56N2. The summed E-state index contributed by atoms with van der Waals surface area (Å²) < 4.78 is 0. The molecule has 0 spiro atoms. The SMILES string of the molecule is Cc1cc(C)c(N2C=CC(=C3C=CN(c4c(C)cc(C)c(-c5ccc(C(C)(C)C)cc5)c4C)C=C3)C=C2)c(C)c1C1=CC=C(C(C)(C)C)CC1. The van der Waals surface area contributed by atoms with Gasteiger partial charge in [0.2, 0.25) is 0 Å². The van der Waals surface area contributed by atoms with Gasteiger partial charge in [0, 0.05) is 24.8 Å². The van der Waals surface area contributed by atoms with E-state index in [0.29, 0.717) is 0 Å². The van der Waals surface area contributed by atoms with Crippen LogP contribution in [0.4, 0.5) is 11.4 Å². The van der Waals surface area contributed by atoms with Gasteiger partial charge < -0.3 is 9.80 Å². The molecule has 2 heterocycles. The molecule has 6 rings (SSSR count). The third-order valence-corrected chi connectivity index (χ3v) is 10.8. The van der Waals surface area contributed by atoms with E-state index in [1.807, 2.05) is 0 Å². The topological polar surface area (TPSA) is 6.48 Å². The van der Waals surface area contributed by atoms with Crippen LogP contribution in [-0.2, 0) is 5.41 Å². The molecule has 2 nitrogen and oxygen atoms in total. The summed E-state index contributed by atoms with van der Waals surface area (Å²) in [6.07, 6.45) is 24.8. The fourth-order valence-corrected chi connectivity index (χ4v) is 8.23. The van der Waals surface area contributed by atoms with E-state index < -0.39 is 0 Å². The van der Waals surface area contributed by atoms with E-state index in [1.54, 1.807) is 0 Å². The van der Waals surface area contributed by atoms with Gasteiger partial charge in [0.05, 0.1) is 11.4 Å². The fourth-order valence-electron chi connectivity index (χ4n) is 8.23. The molecule has 258 valence electrons. The lowest BCUT2D eigenvalue weighted by atomic mass is 9.78. The average molecular weight is 661 g/mol. The molecule has 3 aromatic rings. The number of anilines is 2. The minimum atomic E-state index is 0.140. The van der Waals surface area contributed by atoms with Crippen molar-refractivity contribution in [1.29, 1.82) is 0 Å². The summed E-state index contributed by atoms with van der Waals surface area (Å²) >= 11 is 0. The highest BCUT2D eigenvalue weighted by molar-refractivity contribution is 5.82. The molecule has 0 aromatic heterocycles.